The number of benzene rings is 7. The number of hydrogen-bond acceptors (Lipinski definition) is 2. The lowest BCUT2D eigenvalue weighted by molar-refractivity contribution is 0.737. The Hall–Kier alpha value is -7.16. The van der Waals surface area contributed by atoms with Crippen molar-refractivity contribution in [2.45, 2.75) is 44.1 Å². The molecular formula is C59H50N2. The highest BCUT2D eigenvalue weighted by atomic mass is 15.2. The van der Waals surface area contributed by atoms with E-state index in [1.807, 2.05) is 0 Å². The third-order valence-electron chi connectivity index (χ3n) is 12.7. The Labute approximate surface area is 360 Å². The van der Waals surface area contributed by atoms with Gasteiger partial charge in [0.25, 0.3) is 0 Å². The van der Waals surface area contributed by atoms with E-state index in [0.717, 1.165) is 42.7 Å². The molecular weight excluding hydrogens is 737 g/mol. The van der Waals surface area contributed by atoms with Crippen LogP contribution in [0.4, 0.5) is 22.7 Å². The molecule has 7 aromatic carbocycles. The van der Waals surface area contributed by atoms with Crippen LogP contribution >= 0.6 is 0 Å². The van der Waals surface area contributed by atoms with Crippen LogP contribution < -0.4 is 9.80 Å². The highest BCUT2D eigenvalue weighted by Gasteiger charge is 2.49. The molecule has 0 radical (unpaired) electrons. The Morgan fingerprint density at radius 1 is 0.607 bits per heavy atom. The van der Waals surface area contributed by atoms with Crippen molar-refractivity contribution in [3.63, 3.8) is 0 Å². The Bertz CT molecular complexity index is 2890. The Morgan fingerprint density at radius 3 is 1.90 bits per heavy atom. The lowest BCUT2D eigenvalue weighted by Gasteiger charge is -2.39. The maximum Gasteiger partial charge on any atom is 0.0717 e. The van der Waals surface area contributed by atoms with E-state index in [1.165, 1.54) is 66.3 Å². The molecule has 7 aromatic rings. The maximum atomic E-state index is 4.63. The third-order valence-corrected chi connectivity index (χ3v) is 12.7. The maximum absolute atomic E-state index is 4.63. The highest BCUT2D eigenvalue weighted by molar-refractivity contribution is 6.19. The summed E-state index contributed by atoms with van der Waals surface area (Å²) in [4.78, 5) is 4.91. The lowest BCUT2D eigenvalue weighted by Crippen LogP contribution is -2.34. The highest BCUT2D eigenvalue weighted by Crippen LogP contribution is 2.60. The molecule has 0 aromatic heterocycles. The van der Waals surface area contributed by atoms with Crippen LogP contribution in [0.3, 0.4) is 0 Å². The monoisotopic (exact) mass is 786 g/mol. The molecule has 0 heterocycles. The predicted molar refractivity (Wildman–Crippen MR) is 261 cm³/mol. The molecule has 2 nitrogen and oxygen atoms in total. The fourth-order valence-corrected chi connectivity index (χ4v) is 10.2. The van der Waals surface area contributed by atoms with E-state index in [2.05, 4.69) is 242 Å². The van der Waals surface area contributed by atoms with Gasteiger partial charge in [-0.1, -0.05) is 170 Å². The van der Waals surface area contributed by atoms with Gasteiger partial charge in [-0.3, -0.25) is 0 Å². The summed E-state index contributed by atoms with van der Waals surface area (Å²) < 4.78 is 0. The largest absolute Gasteiger partial charge is 0.338 e. The molecule has 0 saturated heterocycles. The molecule has 2 unspecified atom stereocenters. The van der Waals surface area contributed by atoms with E-state index >= 15 is 0 Å². The molecule has 296 valence electrons. The van der Waals surface area contributed by atoms with Gasteiger partial charge in [0.15, 0.2) is 0 Å². The van der Waals surface area contributed by atoms with Crippen LogP contribution in [0.1, 0.15) is 49.3 Å². The second-order valence-corrected chi connectivity index (χ2v) is 16.2. The molecule has 0 saturated carbocycles. The summed E-state index contributed by atoms with van der Waals surface area (Å²) >= 11 is 0. The first-order chi connectivity index (χ1) is 30.2. The minimum atomic E-state index is -0.637. The van der Waals surface area contributed by atoms with Gasteiger partial charge in [0.05, 0.1) is 11.5 Å². The van der Waals surface area contributed by atoms with Gasteiger partial charge in [-0.05, 0) is 142 Å². The number of rotatable bonds is 10. The van der Waals surface area contributed by atoms with Gasteiger partial charge in [-0.15, -0.1) is 0 Å². The first-order valence-electron chi connectivity index (χ1n) is 21.7. The van der Waals surface area contributed by atoms with Crippen LogP contribution in [0.15, 0.2) is 242 Å². The van der Waals surface area contributed by atoms with Crippen LogP contribution in [0.5, 0.6) is 0 Å². The van der Waals surface area contributed by atoms with Crippen molar-refractivity contribution in [2.75, 3.05) is 9.80 Å². The summed E-state index contributed by atoms with van der Waals surface area (Å²) in [5, 5.41) is 4.95. The zero-order valence-corrected chi connectivity index (χ0v) is 34.8. The molecule has 0 spiro atoms. The molecule has 0 N–H and O–H groups in total. The fraction of sp³-hybridized carbons (Fsp3) is 0.119. The quantitative estimate of drug-likeness (QED) is 0.101. The predicted octanol–water partition coefficient (Wildman–Crippen LogP) is 15.7. The van der Waals surface area contributed by atoms with Gasteiger partial charge in [-0.25, -0.2) is 0 Å². The van der Waals surface area contributed by atoms with Crippen molar-refractivity contribution in [1.29, 1.82) is 0 Å². The average molecular weight is 787 g/mol. The first-order valence-corrected chi connectivity index (χ1v) is 21.7. The van der Waals surface area contributed by atoms with E-state index < -0.39 is 5.41 Å². The summed E-state index contributed by atoms with van der Waals surface area (Å²) in [5.41, 5.74) is 12.7. The van der Waals surface area contributed by atoms with Crippen LogP contribution in [0.25, 0.3) is 27.1 Å². The zero-order chi connectivity index (χ0) is 41.2. The number of anilines is 4. The fourth-order valence-electron chi connectivity index (χ4n) is 10.2. The van der Waals surface area contributed by atoms with Gasteiger partial charge in [0.2, 0.25) is 0 Å². The average Bonchev–Trinajstić information content (AvgIpc) is 3.41. The smallest absolute Gasteiger partial charge is 0.0717 e. The number of para-hydroxylation sites is 3. The SMILES string of the molecule is C=CC1=C(/C=C(\C)N(c2ccccc2)C2C=CCC=CC2)C(C2=CCCC=C2)(c2ccccc2)c2c1c1ccccc1c1cc(N(c3ccccc3)c3ccccc3)ccc21. The topological polar surface area (TPSA) is 6.48 Å². The van der Waals surface area contributed by atoms with Crippen LogP contribution in [-0.2, 0) is 5.41 Å². The van der Waals surface area contributed by atoms with Crippen LogP contribution in [0.2, 0.25) is 0 Å². The molecule has 0 aliphatic heterocycles. The van der Waals surface area contributed by atoms with Crippen molar-refractivity contribution < 1.29 is 0 Å². The second kappa shape index (κ2) is 16.5. The van der Waals surface area contributed by atoms with Crippen molar-refractivity contribution in [3.05, 3.63) is 259 Å². The van der Waals surface area contributed by atoms with Crippen LogP contribution in [0, 0.1) is 0 Å². The number of nitrogens with zero attached hydrogens (tertiary/aromatic N) is 2. The van der Waals surface area contributed by atoms with E-state index in [-0.39, 0.29) is 6.04 Å². The molecule has 0 amide bonds. The molecule has 3 aliphatic rings. The van der Waals surface area contributed by atoms with Crippen molar-refractivity contribution in [1.82, 2.24) is 0 Å². The standard InChI is InChI=1S/C59H50N2/c1-3-51-56(41-43(2)60(47-31-17-8-18-32-47)46-29-15-4-5-16-30-46)59(44-25-11-6-12-26-44,45-27-13-7-14-28-45)58-54-40-39-50(42-55(54)52-37-23-24-38-53(52)57(51)58)61(48-33-19-9-20-34-48)49-35-21-10-22-36-49/h3-4,6,8-13,15-28,30-42,46H,1,5,7,14,29H2,2H3/b43-41+. The van der Waals surface area contributed by atoms with Crippen molar-refractivity contribution >= 4 is 49.9 Å². The van der Waals surface area contributed by atoms with Crippen molar-refractivity contribution in [2.24, 2.45) is 0 Å². The molecule has 10 rings (SSSR count). The summed E-state index contributed by atoms with van der Waals surface area (Å²) in [5.74, 6) is 0. The zero-order valence-electron chi connectivity index (χ0n) is 34.8. The lowest BCUT2D eigenvalue weighted by atomic mass is 9.64. The van der Waals surface area contributed by atoms with Crippen LogP contribution in [-0.4, -0.2) is 6.04 Å². The van der Waals surface area contributed by atoms with Crippen molar-refractivity contribution in [3.8, 4) is 0 Å². The minimum absolute atomic E-state index is 0.172. The summed E-state index contributed by atoms with van der Waals surface area (Å²) in [6.45, 7) is 6.94. The molecule has 0 fully saturated rings. The summed E-state index contributed by atoms with van der Waals surface area (Å²) in [7, 11) is 0. The Balaban J connectivity index is 1.30. The first kappa shape index (κ1) is 38.1. The number of allylic oxidation sites excluding steroid dienone is 11. The van der Waals surface area contributed by atoms with Gasteiger partial charge in [0.1, 0.15) is 0 Å². The Kier molecular flexibility index (Phi) is 10.3. The number of hydrogen-bond donors (Lipinski definition) is 0. The number of fused-ring (bicyclic) bond motifs is 6. The summed E-state index contributed by atoms with van der Waals surface area (Å²) in [6.07, 6.45) is 25.2. The summed E-state index contributed by atoms with van der Waals surface area (Å²) in [6, 6.07) is 60.0. The van der Waals surface area contributed by atoms with Gasteiger partial charge in [0, 0.05) is 28.4 Å². The molecule has 3 aliphatic carbocycles. The Morgan fingerprint density at radius 2 is 1.25 bits per heavy atom. The minimum Gasteiger partial charge on any atom is -0.338 e. The molecule has 0 bridgehead atoms. The molecule has 2 heteroatoms. The van der Waals surface area contributed by atoms with E-state index in [1.54, 1.807) is 0 Å². The van der Waals surface area contributed by atoms with Gasteiger partial charge in [-0.2, -0.15) is 0 Å². The second-order valence-electron chi connectivity index (χ2n) is 16.2. The normalized spacial score (nSPS) is 18.5. The molecule has 2 atom stereocenters. The van der Waals surface area contributed by atoms with Gasteiger partial charge >= 0.3 is 0 Å². The third kappa shape index (κ3) is 6.60. The van der Waals surface area contributed by atoms with E-state index in [0.29, 0.717) is 0 Å². The molecule has 61 heavy (non-hydrogen) atoms. The van der Waals surface area contributed by atoms with Gasteiger partial charge < -0.3 is 9.80 Å². The van der Waals surface area contributed by atoms with E-state index in [9.17, 15) is 0 Å². The van der Waals surface area contributed by atoms with E-state index in [4.69, 9.17) is 0 Å².